The number of carbonyl (C=O) groups is 2. The van der Waals surface area contributed by atoms with E-state index < -0.39 is 35.8 Å². The van der Waals surface area contributed by atoms with E-state index in [0.717, 1.165) is 6.07 Å². The quantitative estimate of drug-likeness (QED) is 0.379. The summed E-state index contributed by atoms with van der Waals surface area (Å²) >= 11 is 0. The van der Waals surface area contributed by atoms with Crippen molar-refractivity contribution in [2.75, 3.05) is 20.3 Å². The first kappa shape index (κ1) is 26.1. The van der Waals surface area contributed by atoms with Gasteiger partial charge in [0.1, 0.15) is 23.0 Å². The Balaban J connectivity index is 1.82. The molecule has 1 aliphatic heterocycles. The number of alkyl halides is 3. The number of nitrogens with zero attached hydrogens (tertiary/aromatic N) is 3. The number of carbonyl (C=O) groups excluding carboxylic acids is 2. The number of esters is 1. The number of fused-ring (bicyclic) bond motifs is 1. The summed E-state index contributed by atoms with van der Waals surface area (Å²) in [5, 5.41) is 0.266. The maximum Gasteiger partial charge on any atom is 0.433 e. The molecule has 1 aromatic carbocycles. The van der Waals surface area contributed by atoms with E-state index in [1.165, 1.54) is 24.1 Å². The molecule has 0 unspecified atom stereocenters. The Labute approximate surface area is 210 Å². The third-order valence-corrected chi connectivity index (χ3v) is 5.90. The summed E-state index contributed by atoms with van der Waals surface area (Å²) < 4.78 is 56.1. The van der Waals surface area contributed by atoms with Crippen molar-refractivity contribution in [1.82, 2.24) is 14.9 Å². The first-order chi connectivity index (χ1) is 17.5. The fraction of sp³-hybridized carbons (Fsp3) is 0.360. The number of halogens is 3. The van der Waals surface area contributed by atoms with Gasteiger partial charge < -0.3 is 24.5 Å². The van der Waals surface area contributed by atoms with Gasteiger partial charge >= 0.3 is 12.1 Å². The van der Waals surface area contributed by atoms with E-state index in [-0.39, 0.29) is 59.1 Å². The Morgan fingerprint density at radius 1 is 1.27 bits per heavy atom. The van der Waals surface area contributed by atoms with E-state index in [0.29, 0.717) is 5.57 Å². The zero-order chi connectivity index (χ0) is 27.1. The second-order valence-corrected chi connectivity index (χ2v) is 8.58. The van der Waals surface area contributed by atoms with Gasteiger partial charge in [0.2, 0.25) is 5.89 Å². The number of rotatable bonds is 6. The molecular weight excluding hydrogens is 493 g/mol. The summed E-state index contributed by atoms with van der Waals surface area (Å²) in [7, 11) is 1.32. The molecule has 2 atom stereocenters. The number of hydrogen-bond donors (Lipinski definition) is 1. The van der Waals surface area contributed by atoms with E-state index in [2.05, 4.69) is 16.5 Å². The number of likely N-dealkylation sites (tertiary alicyclic amines) is 1. The van der Waals surface area contributed by atoms with Crippen LogP contribution < -0.4 is 10.5 Å². The molecule has 3 aromatic rings. The second kappa shape index (κ2) is 9.85. The number of aromatic nitrogens is 2. The topological polar surface area (TPSA) is 121 Å². The molecule has 37 heavy (non-hydrogen) atoms. The van der Waals surface area contributed by atoms with Gasteiger partial charge in [-0.25, -0.2) is 14.8 Å². The lowest BCUT2D eigenvalue weighted by molar-refractivity contribution is -0.147. The molecule has 196 valence electrons. The SMILES string of the molecule is C=C1C[C@@H](C(=O)OCC)N(C(=O)c2nc(-c3ccc(OC)c4nc(C(F)(F)F)ccc34)oc2[C@H](C)N)C1. The largest absolute Gasteiger partial charge is 0.494 e. The molecule has 4 rings (SSSR count). The van der Waals surface area contributed by atoms with Crippen LogP contribution in [0.4, 0.5) is 13.2 Å². The zero-order valence-electron chi connectivity index (χ0n) is 20.4. The molecule has 0 aliphatic carbocycles. The first-order valence-corrected chi connectivity index (χ1v) is 11.4. The molecule has 1 aliphatic rings. The standard InChI is InChI=1S/C25H25F3N4O5/c1-5-36-24(34)16-10-12(2)11-32(16)23(33)20-21(13(3)29)37-22(31-20)15-6-8-17(35-4)19-14(15)7-9-18(30-19)25(26,27)28/h6-9,13,16H,2,5,10-11,29H2,1,3-4H3/t13-,16-/m0/s1. The lowest BCUT2D eigenvalue weighted by atomic mass is 10.1. The number of amides is 1. The van der Waals surface area contributed by atoms with Crippen LogP contribution in [-0.4, -0.2) is 53.0 Å². The third kappa shape index (κ3) is 4.88. The van der Waals surface area contributed by atoms with E-state index >= 15 is 0 Å². The summed E-state index contributed by atoms with van der Waals surface area (Å²) in [4.78, 5) is 35.4. The number of methoxy groups -OCH3 is 1. The summed E-state index contributed by atoms with van der Waals surface area (Å²) in [6.07, 6.45) is -4.41. The van der Waals surface area contributed by atoms with Gasteiger partial charge in [-0.1, -0.05) is 12.2 Å². The summed E-state index contributed by atoms with van der Waals surface area (Å²) in [5.74, 6) is -1.03. The van der Waals surface area contributed by atoms with Crippen LogP contribution in [0.3, 0.4) is 0 Å². The molecule has 0 bridgehead atoms. The number of pyridine rings is 1. The van der Waals surface area contributed by atoms with Crippen LogP contribution in [0.5, 0.6) is 5.75 Å². The molecule has 0 saturated carbocycles. The molecule has 1 fully saturated rings. The highest BCUT2D eigenvalue weighted by atomic mass is 19.4. The van der Waals surface area contributed by atoms with Gasteiger partial charge in [-0.15, -0.1) is 0 Å². The minimum absolute atomic E-state index is 0.0458. The average Bonchev–Trinajstić information content (AvgIpc) is 3.46. The molecule has 1 amide bonds. The lowest BCUT2D eigenvalue weighted by Crippen LogP contribution is -2.42. The van der Waals surface area contributed by atoms with E-state index in [1.807, 2.05) is 0 Å². The fourth-order valence-electron chi connectivity index (χ4n) is 4.21. The Bertz CT molecular complexity index is 1380. The van der Waals surface area contributed by atoms with Gasteiger partial charge in [0.15, 0.2) is 11.5 Å². The predicted octanol–water partition coefficient (Wildman–Crippen LogP) is 4.27. The predicted molar refractivity (Wildman–Crippen MR) is 127 cm³/mol. The fourth-order valence-corrected chi connectivity index (χ4v) is 4.21. The normalized spacial score (nSPS) is 16.8. The second-order valence-electron chi connectivity index (χ2n) is 8.58. The minimum Gasteiger partial charge on any atom is -0.494 e. The number of hydrogen-bond acceptors (Lipinski definition) is 8. The van der Waals surface area contributed by atoms with Crippen LogP contribution in [0.2, 0.25) is 0 Å². The maximum atomic E-state index is 13.5. The van der Waals surface area contributed by atoms with Crippen molar-refractivity contribution in [1.29, 1.82) is 0 Å². The zero-order valence-corrected chi connectivity index (χ0v) is 20.4. The average molecular weight is 518 g/mol. The summed E-state index contributed by atoms with van der Waals surface area (Å²) in [6, 6.07) is 3.43. The monoisotopic (exact) mass is 518 g/mol. The van der Waals surface area contributed by atoms with E-state index in [1.54, 1.807) is 19.9 Å². The molecule has 12 heteroatoms. The first-order valence-electron chi connectivity index (χ1n) is 11.4. The highest BCUT2D eigenvalue weighted by Crippen LogP contribution is 2.38. The number of ether oxygens (including phenoxy) is 2. The van der Waals surface area contributed by atoms with Crippen LogP contribution in [-0.2, 0) is 15.7 Å². The number of oxazole rings is 1. The van der Waals surface area contributed by atoms with Crippen molar-refractivity contribution in [2.45, 2.75) is 38.5 Å². The smallest absolute Gasteiger partial charge is 0.433 e. The Morgan fingerprint density at radius 2 is 2.00 bits per heavy atom. The van der Waals surface area contributed by atoms with Crippen LogP contribution in [0.1, 0.15) is 48.3 Å². The molecule has 2 aromatic heterocycles. The van der Waals surface area contributed by atoms with Crippen LogP contribution in [0.15, 0.2) is 40.8 Å². The van der Waals surface area contributed by atoms with Crippen molar-refractivity contribution in [3.63, 3.8) is 0 Å². The van der Waals surface area contributed by atoms with Crippen molar-refractivity contribution in [3.05, 3.63) is 53.6 Å². The summed E-state index contributed by atoms with van der Waals surface area (Å²) in [5.41, 5.74) is 5.77. The van der Waals surface area contributed by atoms with Crippen molar-refractivity contribution >= 4 is 22.8 Å². The highest BCUT2D eigenvalue weighted by molar-refractivity contribution is 5.99. The van der Waals surface area contributed by atoms with E-state index in [9.17, 15) is 22.8 Å². The van der Waals surface area contributed by atoms with Crippen LogP contribution in [0, 0.1) is 0 Å². The Kier molecular flexibility index (Phi) is 6.96. The summed E-state index contributed by atoms with van der Waals surface area (Å²) in [6.45, 7) is 7.42. The molecule has 3 heterocycles. The molecule has 9 nitrogen and oxygen atoms in total. The van der Waals surface area contributed by atoms with Gasteiger partial charge in [0, 0.05) is 23.9 Å². The minimum atomic E-state index is -4.66. The highest BCUT2D eigenvalue weighted by Gasteiger charge is 2.40. The van der Waals surface area contributed by atoms with Gasteiger partial charge in [0.25, 0.3) is 5.91 Å². The Morgan fingerprint density at radius 3 is 2.62 bits per heavy atom. The number of benzene rings is 1. The molecule has 1 saturated heterocycles. The molecular formula is C25H25F3N4O5. The van der Waals surface area contributed by atoms with Gasteiger partial charge in [-0.3, -0.25) is 4.79 Å². The van der Waals surface area contributed by atoms with Crippen molar-refractivity contribution < 1.29 is 36.7 Å². The number of nitrogens with two attached hydrogens (primary N) is 1. The van der Waals surface area contributed by atoms with Crippen molar-refractivity contribution in [3.8, 4) is 17.2 Å². The molecule has 0 spiro atoms. The van der Waals surface area contributed by atoms with Crippen LogP contribution >= 0.6 is 0 Å². The van der Waals surface area contributed by atoms with E-state index in [4.69, 9.17) is 19.6 Å². The maximum absolute atomic E-state index is 13.5. The van der Waals surface area contributed by atoms with Gasteiger partial charge in [-0.05, 0) is 38.1 Å². The van der Waals surface area contributed by atoms with Crippen molar-refractivity contribution in [2.24, 2.45) is 5.73 Å². The van der Waals surface area contributed by atoms with Crippen LogP contribution in [0.25, 0.3) is 22.4 Å². The Hall–Kier alpha value is -3.93. The molecule has 2 N–H and O–H groups in total. The third-order valence-electron chi connectivity index (χ3n) is 5.90. The van der Waals surface area contributed by atoms with Gasteiger partial charge in [0.05, 0.1) is 19.8 Å². The molecule has 0 radical (unpaired) electrons. The van der Waals surface area contributed by atoms with Gasteiger partial charge in [-0.2, -0.15) is 13.2 Å². The lowest BCUT2D eigenvalue weighted by Gasteiger charge is -2.22.